The molecule has 1 saturated heterocycles. The van der Waals surface area contributed by atoms with Crippen LogP contribution in [0.4, 0.5) is 0 Å². The van der Waals surface area contributed by atoms with Crippen LogP contribution in [0.2, 0.25) is 0 Å². The number of aryl methyl sites for hydroxylation is 1. The van der Waals surface area contributed by atoms with Crippen molar-refractivity contribution < 1.29 is 18.0 Å². The molecular weight excluding hydrogens is 380 g/mol. The standard InChI is InChI=1S/C19H24N4O4S/c1-13-17(14(2)23(21-13)16-7-5-4-6-8-16)18(24)19(25)20-15-9-11-22(12-10-15)28(3,26)27/h4-8,15H,9-12H2,1-3H3,(H,20,25). The summed E-state index contributed by atoms with van der Waals surface area (Å²) in [6.45, 7) is 4.14. The molecule has 1 aromatic carbocycles. The SMILES string of the molecule is Cc1nn(-c2ccccc2)c(C)c1C(=O)C(=O)NC1CCN(S(C)(=O)=O)CC1. The molecule has 1 aliphatic heterocycles. The number of carbonyl (C=O) groups is 2. The Morgan fingerprint density at radius 3 is 2.29 bits per heavy atom. The third-order valence-corrected chi connectivity index (χ3v) is 6.29. The van der Waals surface area contributed by atoms with Gasteiger partial charge in [0.25, 0.3) is 11.7 Å². The van der Waals surface area contributed by atoms with Crippen LogP contribution in [0.5, 0.6) is 0 Å². The molecule has 1 fully saturated rings. The predicted molar refractivity (Wildman–Crippen MR) is 105 cm³/mol. The molecule has 0 bridgehead atoms. The van der Waals surface area contributed by atoms with Gasteiger partial charge < -0.3 is 5.32 Å². The van der Waals surface area contributed by atoms with E-state index in [9.17, 15) is 18.0 Å². The molecule has 28 heavy (non-hydrogen) atoms. The monoisotopic (exact) mass is 404 g/mol. The molecule has 0 unspecified atom stereocenters. The lowest BCUT2D eigenvalue weighted by Gasteiger charge is -2.30. The minimum Gasteiger partial charge on any atom is -0.346 e. The van der Waals surface area contributed by atoms with E-state index in [4.69, 9.17) is 0 Å². The quantitative estimate of drug-likeness (QED) is 0.596. The average molecular weight is 404 g/mol. The molecule has 2 heterocycles. The number of aromatic nitrogens is 2. The van der Waals surface area contributed by atoms with Crippen molar-refractivity contribution in [2.24, 2.45) is 0 Å². The van der Waals surface area contributed by atoms with E-state index in [1.807, 2.05) is 30.3 Å². The van der Waals surface area contributed by atoms with Gasteiger partial charge in [-0.3, -0.25) is 9.59 Å². The van der Waals surface area contributed by atoms with Crippen LogP contribution in [0, 0.1) is 13.8 Å². The normalized spacial score (nSPS) is 16.1. The largest absolute Gasteiger partial charge is 0.346 e. The van der Waals surface area contributed by atoms with Crippen molar-refractivity contribution in [1.29, 1.82) is 0 Å². The Hall–Kier alpha value is -2.52. The molecule has 8 nitrogen and oxygen atoms in total. The van der Waals surface area contributed by atoms with Crippen molar-refractivity contribution in [2.45, 2.75) is 32.7 Å². The van der Waals surface area contributed by atoms with E-state index < -0.39 is 21.7 Å². The molecule has 1 aromatic heterocycles. The smallest absolute Gasteiger partial charge is 0.292 e. The maximum Gasteiger partial charge on any atom is 0.292 e. The van der Waals surface area contributed by atoms with Gasteiger partial charge in [-0.05, 0) is 38.8 Å². The van der Waals surface area contributed by atoms with Crippen molar-refractivity contribution in [3.63, 3.8) is 0 Å². The molecule has 1 amide bonds. The van der Waals surface area contributed by atoms with Gasteiger partial charge in [0.1, 0.15) is 0 Å². The number of nitrogens with zero attached hydrogens (tertiary/aromatic N) is 3. The number of hydrogen-bond donors (Lipinski definition) is 1. The summed E-state index contributed by atoms with van der Waals surface area (Å²) in [5, 5.41) is 7.16. The number of amides is 1. The molecule has 2 aromatic rings. The van der Waals surface area contributed by atoms with Gasteiger partial charge in [-0.25, -0.2) is 17.4 Å². The lowest BCUT2D eigenvalue weighted by molar-refractivity contribution is -0.117. The lowest BCUT2D eigenvalue weighted by atomic mass is 10.0. The molecular formula is C19H24N4O4S. The summed E-state index contributed by atoms with van der Waals surface area (Å²) in [7, 11) is -3.23. The fraction of sp³-hybridized carbons (Fsp3) is 0.421. The fourth-order valence-electron chi connectivity index (χ4n) is 3.49. The minimum atomic E-state index is -3.23. The molecule has 0 spiro atoms. The summed E-state index contributed by atoms with van der Waals surface area (Å²) in [6, 6.07) is 9.18. The predicted octanol–water partition coefficient (Wildman–Crippen LogP) is 1.21. The summed E-state index contributed by atoms with van der Waals surface area (Å²) in [5.74, 6) is -1.31. The van der Waals surface area contributed by atoms with Crippen LogP contribution in [-0.4, -0.2) is 59.6 Å². The zero-order valence-electron chi connectivity index (χ0n) is 16.2. The number of nitrogens with one attached hydrogen (secondary N) is 1. The van der Waals surface area contributed by atoms with Gasteiger partial charge in [-0.2, -0.15) is 5.10 Å². The second-order valence-corrected chi connectivity index (χ2v) is 9.01. The number of Topliss-reactive ketones (excluding diaryl/α,β-unsaturated/α-hetero) is 1. The molecule has 9 heteroatoms. The maximum atomic E-state index is 12.8. The van der Waals surface area contributed by atoms with Gasteiger partial charge in [0.2, 0.25) is 10.0 Å². The maximum absolute atomic E-state index is 12.8. The second kappa shape index (κ2) is 7.84. The highest BCUT2D eigenvalue weighted by Crippen LogP contribution is 2.19. The van der Waals surface area contributed by atoms with Gasteiger partial charge in [0.15, 0.2) is 0 Å². The van der Waals surface area contributed by atoms with E-state index in [0.717, 1.165) is 5.69 Å². The zero-order chi connectivity index (χ0) is 20.5. The molecule has 150 valence electrons. The van der Waals surface area contributed by atoms with Crippen molar-refractivity contribution >= 4 is 21.7 Å². The van der Waals surface area contributed by atoms with E-state index in [-0.39, 0.29) is 6.04 Å². The Morgan fingerprint density at radius 2 is 1.71 bits per heavy atom. The molecule has 1 N–H and O–H groups in total. The Morgan fingerprint density at radius 1 is 1.11 bits per heavy atom. The summed E-state index contributed by atoms with van der Waals surface area (Å²) in [5.41, 5.74) is 2.22. The minimum absolute atomic E-state index is 0.223. The summed E-state index contributed by atoms with van der Waals surface area (Å²) in [4.78, 5) is 25.3. The molecule has 0 radical (unpaired) electrons. The molecule has 0 atom stereocenters. The first-order valence-electron chi connectivity index (χ1n) is 9.10. The van der Waals surface area contributed by atoms with Crippen LogP contribution < -0.4 is 5.32 Å². The molecule has 0 saturated carbocycles. The number of rotatable bonds is 5. The number of carbonyl (C=O) groups excluding carboxylic acids is 2. The zero-order valence-corrected chi connectivity index (χ0v) is 17.0. The number of para-hydroxylation sites is 1. The number of piperidine rings is 1. The summed E-state index contributed by atoms with van der Waals surface area (Å²) in [6.07, 6.45) is 2.13. The van der Waals surface area contributed by atoms with Gasteiger partial charge in [-0.15, -0.1) is 0 Å². The highest BCUT2D eigenvalue weighted by atomic mass is 32.2. The third kappa shape index (κ3) is 4.15. The van der Waals surface area contributed by atoms with Gasteiger partial charge >= 0.3 is 0 Å². The molecule has 3 rings (SSSR count). The van der Waals surface area contributed by atoms with Gasteiger partial charge in [0.05, 0.1) is 28.9 Å². The van der Waals surface area contributed by atoms with Crippen LogP contribution in [0.1, 0.15) is 34.6 Å². The Labute approximate surface area is 164 Å². The van der Waals surface area contributed by atoms with Gasteiger partial charge in [0, 0.05) is 19.1 Å². The number of ketones is 1. The van der Waals surface area contributed by atoms with Crippen molar-refractivity contribution in [1.82, 2.24) is 19.4 Å². The lowest BCUT2D eigenvalue weighted by Crippen LogP contribution is -2.47. The topological polar surface area (TPSA) is 101 Å². The highest BCUT2D eigenvalue weighted by molar-refractivity contribution is 7.88. The van der Waals surface area contributed by atoms with Crippen molar-refractivity contribution in [2.75, 3.05) is 19.3 Å². The van der Waals surface area contributed by atoms with Crippen LogP contribution in [0.15, 0.2) is 30.3 Å². The summed E-state index contributed by atoms with van der Waals surface area (Å²) < 4.78 is 26.2. The van der Waals surface area contributed by atoms with E-state index in [0.29, 0.717) is 42.9 Å². The summed E-state index contributed by atoms with van der Waals surface area (Å²) >= 11 is 0. The Bertz CT molecular complexity index is 990. The second-order valence-electron chi connectivity index (χ2n) is 7.03. The van der Waals surface area contributed by atoms with E-state index in [2.05, 4.69) is 10.4 Å². The van der Waals surface area contributed by atoms with Crippen LogP contribution >= 0.6 is 0 Å². The number of sulfonamides is 1. The van der Waals surface area contributed by atoms with Crippen LogP contribution in [0.25, 0.3) is 5.69 Å². The highest BCUT2D eigenvalue weighted by Gasteiger charge is 2.30. The molecule has 0 aliphatic carbocycles. The van der Waals surface area contributed by atoms with E-state index in [1.165, 1.54) is 10.6 Å². The molecule has 1 aliphatic rings. The Kier molecular flexibility index (Phi) is 5.66. The van der Waals surface area contributed by atoms with Crippen molar-refractivity contribution in [3.05, 3.63) is 47.3 Å². The first kappa shape index (κ1) is 20.2. The number of hydrogen-bond acceptors (Lipinski definition) is 5. The first-order valence-corrected chi connectivity index (χ1v) is 10.9. The van der Waals surface area contributed by atoms with Gasteiger partial charge in [-0.1, -0.05) is 18.2 Å². The number of benzene rings is 1. The van der Waals surface area contributed by atoms with E-state index >= 15 is 0 Å². The van der Waals surface area contributed by atoms with Crippen LogP contribution in [-0.2, 0) is 14.8 Å². The van der Waals surface area contributed by atoms with E-state index in [1.54, 1.807) is 18.5 Å². The fourth-order valence-corrected chi connectivity index (χ4v) is 4.36. The van der Waals surface area contributed by atoms with Crippen LogP contribution in [0.3, 0.4) is 0 Å². The van der Waals surface area contributed by atoms with Crippen molar-refractivity contribution in [3.8, 4) is 5.69 Å². The first-order chi connectivity index (χ1) is 13.2. The third-order valence-electron chi connectivity index (χ3n) is 4.98. The Balaban J connectivity index is 1.71. The average Bonchev–Trinajstić information content (AvgIpc) is 2.95.